The second-order valence-corrected chi connectivity index (χ2v) is 4.52. The van der Waals surface area contributed by atoms with E-state index in [1.165, 1.54) is 11.1 Å². The van der Waals surface area contributed by atoms with Crippen molar-refractivity contribution in [2.24, 2.45) is 0 Å². The summed E-state index contributed by atoms with van der Waals surface area (Å²) in [6.07, 6.45) is 3.77. The number of likely N-dealkylation sites (N-methyl/N-ethyl adjacent to an activating group) is 1. The highest BCUT2D eigenvalue weighted by Crippen LogP contribution is 2.29. The summed E-state index contributed by atoms with van der Waals surface area (Å²) in [5.41, 5.74) is 2.60. The van der Waals surface area contributed by atoms with Gasteiger partial charge in [0.25, 0.3) is 0 Å². The molecule has 0 saturated carbocycles. The number of nitrogens with zero attached hydrogens (tertiary/aromatic N) is 1. The third-order valence-corrected chi connectivity index (χ3v) is 3.29. The van der Waals surface area contributed by atoms with Crippen LogP contribution >= 0.6 is 0 Å². The van der Waals surface area contributed by atoms with Crippen LogP contribution in [0.5, 0.6) is 0 Å². The van der Waals surface area contributed by atoms with Crippen LogP contribution in [0.15, 0.2) is 54.9 Å². The van der Waals surface area contributed by atoms with Crippen molar-refractivity contribution in [2.45, 2.75) is 25.8 Å². The summed E-state index contributed by atoms with van der Waals surface area (Å²) < 4.78 is 0. The molecule has 1 heterocycles. The van der Waals surface area contributed by atoms with Crippen LogP contribution in [-0.2, 0) is 0 Å². The third-order valence-electron chi connectivity index (χ3n) is 3.29. The Balaban J connectivity index is 2.26. The van der Waals surface area contributed by atoms with Gasteiger partial charge in [0, 0.05) is 24.4 Å². The maximum atomic E-state index is 4.22. The first-order valence-electron chi connectivity index (χ1n) is 6.51. The largest absolute Gasteiger partial charge is 0.310 e. The van der Waals surface area contributed by atoms with E-state index in [9.17, 15) is 0 Å². The Morgan fingerprint density at radius 2 is 1.78 bits per heavy atom. The van der Waals surface area contributed by atoms with Crippen molar-refractivity contribution in [3.8, 4) is 0 Å². The summed E-state index contributed by atoms with van der Waals surface area (Å²) in [5.74, 6) is 0.426. The standard InChI is InChI=1S/C16H20N2/c1-3-18-16(15-10-7-11-17-12-15)13(2)14-8-5-4-6-9-14/h4-13,16,18H,3H2,1-2H3. The quantitative estimate of drug-likeness (QED) is 0.864. The fourth-order valence-corrected chi connectivity index (χ4v) is 2.31. The zero-order chi connectivity index (χ0) is 12.8. The molecule has 1 aromatic carbocycles. The number of benzene rings is 1. The molecule has 94 valence electrons. The van der Waals surface area contributed by atoms with Gasteiger partial charge in [-0.05, 0) is 23.7 Å². The lowest BCUT2D eigenvalue weighted by Gasteiger charge is -2.25. The van der Waals surface area contributed by atoms with Crippen LogP contribution in [0.3, 0.4) is 0 Å². The minimum absolute atomic E-state index is 0.311. The Morgan fingerprint density at radius 3 is 2.39 bits per heavy atom. The van der Waals surface area contributed by atoms with Crippen LogP contribution in [-0.4, -0.2) is 11.5 Å². The fourth-order valence-electron chi connectivity index (χ4n) is 2.31. The molecule has 2 heteroatoms. The number of nitrogens with one attached hydrogen (secondary N) is 1. The summed E-state index contributed by atoms with van der Waals surface area (Å²) in [6.45, 7) is 5.35. The average molecular weight is 240 g/mol. The van der Waals surface area contributed by atoms with Crippen molar-refractivity contribution < 1.29 is 0 Å². The summed E-state index contributed by atoms with van der Waals surface area (Å²) in [4.78, 5) is 4.22. The molecule has 0 fully saturated rings. The molecule has 2 atom stereocenters. The van der Waals surface area contributed by atoms with E-state index in [4.69, 9.17) is 0 Å². The minimum Gasteiger partial charge on any atom is -0.310 e. The van der Waals surface area contributed by atoms with E-state index in [-0.39, 0.29) is 0 Å². The van der Waals surface area contributed by atoms with Crippen LogP contribution in [0.4, 0.5) is 0 Å². The van der Waals surface area contributed by atoms with Gasteiger partial charge in [-0.2, -0.15) is 0 Å². The highest BCUT2D eigenvalue weighted by molar-refractivity contribution is 5.25. The summed E-state index contributed by atoms with van der Waals surface area (Å²) in [7, 11) is 0. The van der Waals surface area contributed by atoms with Gasteiger partial charge in [0.1, 0.15) is 0 Å². The third kappa shape index (κ3) is 2.96. The Kier molecular flexibility index (Phi) is 4.48. The van der Waals surface area contributed by atoms with Crippen molar-refractivity contribution >= 4 is 0 Å². The highest BCUT2D eigenvalue weighted by Gasteiger charge is 2.19. The van der Waals surface area contributed by atoms with Crippen molar-refractivity contribution in [3.63, 3.8) is 0 Å². The maximum Gasteiger partial charge on any atom is 0.0402 e. The van der Waals surface area contributed by atoms with Crippen molar-refractivity contribution in [3.05, 3.63) is 66.0 Å². The van der Waals surface area contributed by atoms with E-state index >= 15 is 0 Å². The lowest BCUT2D eigenvalue weighted by Crippen LogP contribution is -2.25. The molecular formula is C16H20N2. The highest BCUT2D eigenvalue weighted by atomic mass is 14.9. The summed E-state index contributed by atoms with van der Waals surface area (Å²) in [5, 5.41) is 3.56. The molecule has 2 aromatic rings. The molecule has 1 N–H and O–H groups in total. The zero-order valence-electron chi connectivity index (χ0n) is 11.0. The molecule has 0 aliphatic heterocycles. The van der Waals surface area contributed by atoms with Gasteiger partial charge in [-0.3, -0.25) is 4.98 Å². The van der Waals surface area contributed by atoms with Gasteiger partial charge in [0.2, 0.25) is 0 Å². The first-order chi connectivity index (χ1) is 8.83. The summed E-state index contributed by atoms with van der Waals surface area (Å²) >= 11 is 0. The molecular weight excluding hydrogens is 220 g/mol. The molecule has 0 spiro atoms. The Bertz CT molecular complexity index is 453. The second kappa shape index (κ2) is 6.31. The van der Waals surface area contributed by atoms with E-state index < -0.39 is 0 Å². The molecule has 18 heavy (non-hydrogen) atoms. The van der Waals surface area contributed by atoms with Gasteiger partial charge >= 0.3 is 0 Å². The van der Waals surface area contributed by atoms with E-state index in [1.807, 2.05) is 18.5 Å². The van der Waals surface area contributed by atoms with Crippen molar-refractivity contribution in [2.75, 3.05) is 6.54 Å². The van der Waals surface area contributed by atoms with Crippen molar-refractivity contribution in [1.29, 1.82) is 0 Å². The number of rotatable bonds is 5. The maximum absolute atomic E-state index is 4.22. The lowest BCUT2D eigenvalue weighted by atomic mass is 9.89. The van der Waals surface area contributed by atoms with Crippen LogP contribution in [0, 0.1) is 0 Å². The van der Waals surface area contributed by atoms with Crippen LogP contribution in [0.2, 0.25) is 0 Å². The van der Waals surface area contributed by atoms with Crippen LogP contribution in [0.1, 0.15) is 36.9 Å². The van der Waals surface area contributed by atoms with Gasteiger partial charge in [-0.1, -0.05) is 50.2 Å². The molecule has 2 nitrogen and oxygen atoms in total. The molecule has 0 aliphatic carbocycles. The van der Waals surface area contributed by atoms with Gasteiger partial charge < -0.3 is 5.32 Å². The number of pyridine rings is 1. The molecule has 1 aromatic heterocycles. The minimum atomic E-state index is 0.311. The Labute approximate surface area is 109 Å². The second-order valence-electron chi connectivity index (χ2n) is 4.52. The van der Waals surface area contributed by atoms with E-state index in [0.717, 1.165) is 6.54 Å². The molecule has 0 saturated heterocycles. The molecule has 0 radical (unpaired) electrons. The Hall–Kier alpha value is -1.67. The molecule has 2 unspecified atom stereocenters. The van der Waals surface area contributed by atoms with Gasteiger partial charge in [0.15, 0.2) is 0 Å². The Morgan fingerprint density at radius 1 is 1.06 bits per heavy atom. The molecule has 0 bridgehead atoms. The number of hydrogen-bond acceptors (Lipinski definition) is 2. The average Bonchev–Trinajstić information content (AvgIpc) is 2.46. The normalized spacial score (nSPS) is 14.1. The van der Waals surface area contributed by atoms with E-state index in [1.54, 1.807) is 0 Å². The SMILES string of the molecule is CCNC(c1cccnc1)C(C)c1ccccc1. The smallest absolute Gasteiger partial charge is 0.0402 e. The molecule has 0 aliphatic rings. The van der Waals surface area contributed by atoms with Crippen LogP contribution in [0.25, 0.3) is 0 Å². The monoisotopic (exact) mass is 240 g/mol. The number of hydrogen-bond donors (Lipinski definition) is 1. The molecule has 0 amide bonds. The molecule has 2 rings (SSSR count). The van der Waals surface area contributed by atoms with E-state index in [0.29, 0.717) is 12.0 Å². The predicted octanol–water partition coefficient (Wildman–Crippen LogP) is 3.54. The predicted molar refractivity (Wildman–Crippen MR) is 75.5 cm³/mol. The van der Waals surface area contributed by atoms with Gasteiger partial charge in [0.05, 0.1) is 0 Å². The summed E-state index contributed by atoms with van der Waals surface area (Å²) in [6, 6.07) is 15.1. The van der Waals surface area contributed by atoms with Gasteiger partial charge in [-0.15, -0.1) is 0 Å². The number of aromatic nitrogens is 1. The van der Waals surface area contributed by atoms with Gasteiger partial charge in [-0.25, -0.2) is 0 Å². The van der Waals surface area contributed by atoms with Crippen LogP contribution < -0.4 is 5.32 Å². The van der Waals surface area contributed by atoms with Crippen molar-refractivity contribution in [1.82, 2.24) is 10.3 Å². The lowest BCUT2D eigenvalue weighted by molar-refractivity contribution is 0.478. The first kappa shape index (κ1) is 12.8. The fraction of sp³-hybridized carbons (Fsp3) is 0.312. The van der Waals surface area contributed by atoms with E-state index in [2.05, 4.69) is 60.5 Å². The topological polar surface area (TPSA) is 24.9 Å². The first-order valence-corrected chi connectivity index (χ1v) is 6.51. The zero-order valence-corrected chi connectivity index (χ0v) is 11.0.